The van der Waals surface area contributed by atoms with E-state index in [9.17, 15) is 15.2 Å². The fourth-order valence-electron chi connectivity index (χ4n) is 4.64. The number of aryl methyl sites for hydroxylation is 1. The summed E-state index contributed by atoms with van der Waals surface area (Å²) in [6, 6.07) is 11.8. The molecule has 1 saturated heterocycles. The lowest BCUT2D eigenvalue weighted by Gasteiger charge is -2.38. The van der Waals surface area contributed by atoms with Gasteiger partial charge in [-0.3, -0.25) is 14.1 Å². The molecule has 2 aromatic heterocycles. The zero-order chi connectivity index (χ0) is 19.8. The summed E-state index contributed by atoms with van der Waals surface area (Å²) in [6.07, 6.45) is 3.73. The number of hydrogen-bond acceptors (Lipinski definition) is 4. The number of aliphatic hydroxyl groups excluding tert-OH is 1. The number of aliphatic hydroxyl groups is 1. The molecule has 0 bridgehead atoms. The van der Waals surface area contributed by atoms with Crippen molar-refractivity contribution in [2.75, 3.05) is 6.54 Å². The summed E-state index contributed by atoms with van der Waals surface area (Å²) in [4.78, 5) is 14.9. The van der Waals surface area contributed by atoms with E-state index >= 15 is 0 Å². The fraction of sp³-hybridized carbons (Fsp3) is 0.455. The van der Waals surface area contributed by atoms with Crippen LogP contribution in [0.1, 0.15) is 43.7 Å². The Hall–Kier alpha value is -2.62. The predicted molar refractivity (Wildman–Crippen MR) is 109 cm³/mol. The van der Waals surface area contributed by atoms with Gasteiger partial charge in [0.05, 0.1) is 23.1 Å². The molecule has 6 nitrogen and oxygen atoms in total. The standard InChI is InChI=1S/C22H26N4O2/c1-3-16-8-6-7-11-24(16)21(28)14-25-18-9-4-5-10-19(18)26-20(27)12-15(2)17(13-23)22(25)26/h4-5,9-10,12,16,21,28H,3,6-8,11,14H2,1-2H3/t16-,21-/m0/s1. The van der Waals surface area contributed by atoms with Crippen molar-refractivity contribution in [3.05, 3.63) is 51.8 Å². The first-order chi connectivity index (χ1) is 13.6. The van der Waals surface area contributed by atoms with Gasteiger partial charge in [0.2, 0.25) is 0 Å². The third kappa shape index (κ3) is 2.92. The predicted octanol–water partition coefficient (Wildman–Crippen LogP) is 3.02. The van der Waals surface area contributed by atoms with Crippen LogP contribution in [0.15, 0.2) is 35.1 Å². The maximum absolute atomic E-state index is 12.7. The molecule has 0 aliphatic carbocycles. The number of aromatic nitrogens is 2. The zero-order valence-electron chi connectivity index (χ0n) is 16.4. The number of para-hydroxylation sites is 2. The van der Waals surface area contributed by atoms with E-state index < -0.39 is 6.23 Å². The Labute approximate surface area is 164 Å². The fourth-order valence-corrected chi connectivity index (χ4v) is 4.64. The number of benzene rings is 1. The third-order valence-electron chi connectivity index (χ3n) is 6.04. The number of imidazole rings is 1. The van der Waals surface area contributed by atoms with Crippen molar-refractivity contribution in [3.8, 4) is 6.07 Å². The molecule has 0 amide bonds. The van der Waals surface area contributed by atoms with Gasteiger partial charge in [-0.05, 0) is 43.9 Å². The van der Waals surface area contributed by atoms with Gasteiger partial charge in [-0.2, -0.15) is 5.26 Å². The van der Waals surface area contributed by atoms with E-state index in [0.29, 0.717) is 29.4 Å². The van der Waals surface area contributed by atoms with Gasteiger partial charge in [0.15, 0.2) is 0 Å². The Kier molecular flexibility index (Phi) is 4.96. The first kappa shape index (κ1) is 18.7. The SMILES string of the molecule is CC[C@H]1CCCCN1[C@@H](O)Cn1c2ccccc2n2c(=O)cc(C)c(C#N)c12. The van der Waals surface area contributed by atoms with E-state index in [1.807, 2.05) is 28.8 Å². The van der Waals surface area contributed by atoms with Crippen molar-refractivity contribution < 1.29 is 5.11 Å². The number of fused-ring (bicyclic) bond motifs is 3. The number of hydrogen-bond donors (Lipinski definition) is 1. The summed E-state index contributed by atoms with van der Waals surface area (Å²) < 4.78 is 3.54. The van der Waals surface area contributed by atoms with Crippen molar-refractivity contribution in [2.24, 2.45) is 0 Å². The number of nitriles is 1. The van der Waals surface area contributed by atoms with Crippen LogP contribution in [0.2, 0.25) is 0 Å². The molecule has 3 aromatic rings. The maximum atomic E-state index is 12.7. The van der Waals surface area contributed by atoms with Crippen LogP contribution in [0.4, 0.5) is 0 Å². The largest absolute Gasteiger partial charge is 0.376 e. The molecule has 6 heteroatoms. The maximum Gasteiger partial charge on any atom is 0.257 e. The van der Waals surface area contributed by atoms with Crippen LogP contribution in [-0.2, 0) is 6.54 Å². The molecule has 1 N–H and O–H groups in total. The topological polar surface area (TPSA) is 73.7 Å². The molecule has 0 radical (unpaired) electrons. The summed E-state index contributed by atoms with van der Waals surface area (Å²) in [6.45, 7) is 5.15. The molecular weight excluding hydrogens is 352 g/mol. The van der Waals surface area contributed by atoms with Crippen LogP contribution >= 0.6 is 0 Å². The number of nitrogens with zero attached hydrogens (tertiary/aromatic N) is 4. The highest BCUT2D eigenvalue weighted by Crippen LogP contribution is 2.26. The van der Waals surface area contributed by atoms with Crippen LogP contribution in [-0.4, -0.2) is 37.8 Å². The number of likely N-dealkylation sites (tertiary alicyclic amines) is 1. The van der Waals surface area contributed by atoms with Gasteiger partial charge in [0, 0.05) is 18.7 Å². The molecule has 1 aromatic carbocycles. The van der Waals surface area contributed by atoms with E-state index in [1.54, 1.807) is 11.3 Å². The highest BCUT2D eigenvalue weighted by atomic mass is 16.3. The molecule has 0 saturated carbocycles. The Morgan fingerprint density at radius 1 is 1.29 bits per heavy atom. The van der Waals surface area contributed by atoms with E-state index in [2.05, 4.69) is 17.9 Å². The van der Waals surface area contributed by atoms with Crippen LogP contribution in [0.5, 0.6) is 0 Å². The van der Waals surface area contributed by atoms with Gasteiger partial charge >= 0.3 is 0 Å². The van der Waals surface area contributed by atoms with E-state index in [0.717, 1.165) is 36.8 Å². The quantitative estimate of drug-likeness (QED) is 0.757. The average molecular weight is 378 g/mol. The van der Waals surface area contributed by atoms with Gasteiger partial charge in [-0.1, -0.05) is 25.5 Å². The molecular formula is C22H26N4O2. The second-order valence-electron chi connectivity index (χ2n) is 7.69. The van der Waals surface area contributed by atoms with Gasteiger partial charge in [0.1, 0.15) is 17.9 Å². The second-order valence-corrected chi connectivity index (χ2v) is 7.69. The van der Waals surface area contributed by atoms with E-state index in [4.69, 9.17) is 0 Å². The minimum Gasteiger partial charge on any atom is -0.376 e. The Morgan fingerprint density at radius 3 is 2.75 bits per heavy atom. The number of pyridine rings is 1. The van der Waals surface area contributed by atoms with E-state index in [1.165, 1.54) is 12.5 Å². The first-order valence-corrected chi connectivity index (χ1v) is 10.0. The molecule has 0 unspecified atom stereocenters. The molecule has 0 spiro atoms. The third-order valence-corrected chi connectivity index (χ3v) is 6.04. The van der Waals surface area contributed by atoms with E-state index in [-0.39, 0.29) is 5.56 Å². The van der Waals surface area contributed by atoms with Crippen LogP contribution in [0, 0.1) is 18.3 Å². The summed E-state index contributed by atoms with van der Waals surface area (Å²) in [7, 11) is 0. The lowest BCUT2D eigenvalue weighted by atomic mass is 10.00. The number of piperidine rings is 1. The van der Waals surface area contributed by atoms with Gasteiger partial charge in [0.25, 0.3) is 5.56 Å². The molecule has 1 aliphatic rings. The minimum atomic E-state index is -0.660. The zero-order valence-corrected chi connectivity index (χ0v) is 16.4. The van der Waals surface area contributed by atoms with Crippen molar-refractivity contribution in [1.29, 1.82) is 5.26 Å². The molecule has 1 aliphatic heterocycles. The van der Waals surface area contributed by atoms with Crippen LogP contribution < -0.4 is 5.56 Å². The Bertz CT molecular complexity index is 1120. The van der Waals surface area contributed by atoms with Gasteiger partial charge in [-0.25, -0.2) is 0 Å². The van der Waals surface area contributed by atoms with Crippen LogP contribution in [0.3, 0.4) is 0 Å². The average Bonchev–Trinajstić information content (AvgIpc) is 3.03. The molecule has 28 heavy (non-hydrogen) atoms. The normalized spacial score (nSPS) is 19.1. The minimum absolute atomic E-state index is 0.152. The summed E-state index contributed by atoms with van der Waals surface area (Å²) in [5.41, 5.74) is 3.17. The highest BCUT2D eigenvalue weighted by Gasteiger charge is 2.28. The molecule has 146 valence electrons. The Morgan fingerprint density at radius 2 is 2.04 bits per heavy atom. The second kappa shape index (κ2) is 7.42. The van der Waals surface area contributed by atoms with Crippen molar-refractivity contribution in [1.82, 2.24) is 13.9 Å². The Balaban J connectivity index is 1.90. The highest BCUT2D eigenvalue weighted by molar-refractivity contribution is 5.84. The number of rotatable bonds is 4. The monoisotopic (exact) mass is 378 g/mol. The first-order valence-electron chi connectivity index (χ1n) is 10.0. The lowest BCUT2D eigenvalue weighted by molar-refractivity contribution is -0.0497. The smallest absolute Gasteiger partial charge is 0.257 e. The van der Waals surface area contributed by atoms with Crippen LogP contribution in [0.25, 0.3) is 16.7 Å². The summed E-state index contributed by atoms with van der Waals surface area (Å²) in [5, 5.41) is 20.9. The van der Waals surface area contributed by atoms with Gasteiger partial charge in [-0.15, -0.1) is 0 Å². The van der Waals surface area contributed by atoms with Crippen molar-refractivity contribution in [3.63, 3.8) is 0 Å². The summed E-state index contributed by atoms with van der Waals surface area (Å²) >= 11 is 0. The van der Waals surface area contributed by atoms with Crippen molar-refractivity contribution >= 4 is 16.7 Å². The van der Waals surface area contributed by atoms with Gasteiger partial charge < -0.3 is 9.67 Å². The van der Waals surface area contributed by atoms with Crippen molar-refractivity contribution in [2.45, 2.75) is 58.3 Å². The molecule has 4 rings (SSSR count). The molecule has 1 fully saturated rings. The molecule has 3 heterocycles. The molecule has 2 atom stereocenters. The summed E-state index contributed by atoms with van der Waals surface area (Å²) in [5.74, 6) is 0. The lowest BCUT2D eigenvalue weighted by Crippen LogP contribution is -2.47.